The van der Waals surface area contributed by atoms with E-state index >= 15 is 0 Å². The summed E-state index contributed by atoms with van der Waals surface area (Å²) < 4.78 is 11.0. The van der Waals surface area contributed by atoms with E-state index in [9.17, 15) is 9.00 Å². The van der Waals surface area contributed by atoms with E-state index in [-0.39, 0.29) is 18.1 Å². The third kappa shape index (κ3) is 3.28. The van der Waals surface area contributed by atoms with Crippen LogP contribution in [0.15, 0.2) is 0 Å². The van der Waals surface area contributed by atoms with Crippen molar-refractivity contribution in [3.05, 3.63) is 0 Å². The molecule has 1 aliphatic rings. The number of carbonyl (C=O) groups is 1. The zero-order valence-corrected chi connectivity index (χ0v) is 11.3. The zero-order valence-electron chi connectivity index (χ0n) is 10.5. The summed E-state index contributed by atoms with van der Waals surface area (Å²) in [5.74, 6) is 1.24. The van der Waals surface area contributed by atoms with E-state index in [1.54, 1.807) is 6.26 Å². The largest absolute Gasteiger partial charge is 0.326 e. The van der Waals surface area contributed by atoms with Crippen molar-refractivity contribution in [2.75, 3.05) is 18.6 Å². The molecule has 1 fully saturated rings. The van der Waals surface area contributed by atoms with Gasteiger partial charge < -0.3 is 4.90 Å². The average molecular weight is 246 g/mol. The maximum absolute atomic E-state index is 11.9. The Morgan fingerprint density at radius 3 is 2.62 bits per heavy atom. The van der Waals surface area contributed by atoms with Gasteiger partial charge in [0.1, 0.15) is 0 Å². The summed E-state index contributed by atoms with van der Waals surface area (Å²) in [4.78, 5) is 13.8. The van der Waals surface area contributed by atoms with Crippen molar-refractivity contribution in [3.8, 4) is 0 Å². The predicted octanol–water partition coefficient (Wildman–Crippen LogP) is 0.557. The minimum atomic E-state index is -0.766. The van der Waals surface area contributed by atoms with Crippen LogP contribution >= 0.6 is 0 Å². The lowest BCUT2D eigenvalue weighted by atomic mass is 10.1. The van der Waals surface area contributed by atoms with Crippen molar-refractivity contribution in [3.63, 3.8) is 0 Å². The predicted molar refractivity (Wildman–Crippen MR) is 66.5 cm³/mol. The maximum atomic E-state index is 11.9. The SMILES string of the molecule is CC1NC(C(C)C)N(CCCS(C)=O)C1=O. The lowest BCUT2D eigenvalue weighted by molar-refractivity contribution is -0.130. The molecule has 3 atom stereocenters. The molecule has 4 nitrogen and oxygen atoms in total. The van der Waals surface area contributed by atoms with Gasteiger partial charge in [0.05, 0.1) is 12.2 Å². The van der Waals surface area contributed by atoms with Crippen LogP contribution in [0, 0.1) is 5.92 Å². The van der Waals surface area contributed by atoms with Crippen LogP contribution in [-0.2, 0) is 15.6 Å². The van der Waals surface area contributed by atoms with Crippen molar-refractivity contribution in [2.45, 2.75) is 39.4 Å². The normalized spacial score (nSPS) is 27.8. The van der Waals surface area contributed by atoms with Crippen LogP contribution in [0.2, 0.25) is 0 Å². The summed E-state index contributed by atoms with van der Waals surface area (Å²) in [7, 11) is -0.766. The van der Waals surface area contributed by atoms with Gasteiger partial charge in [-0.1, -0.05) is 13.8 Å². The molecule has 0 aromatic heterocycles. The van der Waals surface area contributed by atoms with Crippen LogP contribution in [-0.4, -0.2) is 45.8 Å². The molecule has 1 N–H and O–H groups in total. The van der Waals surface area contributed by atoms with Crippen LogP contribution in [0.3, 0.4) is 0 Å². The molecule has 1 aliphatic heterocycles. The molecular weight excluding hydrogens is 224 g/mol. The first kappa shape index (κ1) is 13.6. The van der Waals surface area contributed by atoms with Crippen LogP contribution in [0.1, 0.15) is 27.2 Å². The van der Waals surface area contributed by atoms with Gasteiger partial charge >= 0.3 is 0 Å². The first-order valence-corrected chi connectivity index (χ1v) is 7.52. The van der Waals surface area contributed by atoms with E-state index in [0.717, 1.165) is 6.42 Å². The molecule has 94 valence electrons. The fourth-order valence-electron chi connectivity index (χ4n) is 2.04. The van der Waals surface area contributed by atoms with Crippen LogP contribution in [0.5, 0.6) is 0 Å². The highest BCUT2D eigenvalue weighted by molar-refractivity contribution is 7.84. The van der Waals surface area contributed by atoms with Gasteiger partial charge in [-0.05, 0) is 19.3 Å². The highest BCUT2D eigenvalue weighted by Crippen LogP contribution is 2.17. The molecule has 1 amide bonds. The Hall–Kier alpha value is -0.420. The Morgan fingerprint density at radius 1 is 1.50 bits per heavy atom. The molecule has 0 bridgehead atoms. The number of hydrogen-bond acceptors (Lipinski definition) is 3. The molecule has 0 spiro atoms. The van der Waals surface area contributed by atoms with E-state index in [1.165, 1.54) is 0 Å². The maximum Gasteiger partial charge on any atom is 0.240 e. The number of nitrogens with zero attached hydrogens (tertiary/aromatic N) is 1. The van der Waals surface area contributed by atoms with E-state index < -0.39 is 10.8 Å². The third-order valence-corrected chi connectivity index (χ3v) is 3.74. The van der Waals surface area contributed by atoms with Gasteiger partial charge in [-0.3, -0.25) is 14.3 Å². The summed E-state index contributed by atoms with van der Waals surface area (Å²) in [5.41, 5.74) is 0. The first-order chi connectivity index (χ1) is 7.43. The van der Waals surface area contributed by atoms with Gasteiger partial charge in [0.2, 0.25) is 5.91 Å². The molecule has 0 aromatic rings. The monoisotopic (exact) mass is 246 g/mol. The average Bonchev–Trinajstić information content (AvgIpc) is 2.45. The molecule has 16 heavy (non-hydrogen) atoms. The van der Waals surface area contributed by atoms with Crippen molar-refractivity contribution in [1.29, 1.82) is 0 Å². The number of hydrogen-bond donors (Lipinski definition) is 1. The van der Waals surface area contributed by atoms with Crippen molar-refractivity contribution < 1.29 is 9.00 Å². The van der Waals surface area contributed by atoms with Gasteiger partial charge in [0, 0.05) is 29.4 Å². The second-order valence-corrected chi connectivity index (χ2v) is 6.29. The molecule has 5 heteroatoms. The molecule has 1 heterocycles. The van der Waals surface area contributed by atoms with Crippen LogP contribution < -0.4 is 5.32 Å². The quantitative estimate of drug-likeness (QED) is 0.771. The zero-order chi connectivity index (χ0) is 12.3. The van der Waals surface area contributed by atoms with Crippen molar-refractivity contribution >= 4 is 16.7 Å². The molecule has 0 aromatic carbocycles. The second-order valence-electron chi connectivity index (χ2n) is 4.74. The Morgan fingerprint density at radius 2 is 2.12 bits per heavy atom. The standard InChI is InChI=1S/C11H22N2O2S/c1-8(2)10-12-9(3)11(14)13(10)6-5-7-16(4)15/h8-10,12H,5-7H2,1-4H3. The summed E-state index contributed by atoms with van der Waals surface area (Å²) in [5, 5.41) is 3.29. The van der Waals surface area contributed by atoms with Crippen LogP contribution in [0.4, 0.5) is 0 Å². The lowest BCUT2D eigenvalue weighted by Crippen LogP contribution is -2.42. The van der Waals surface area contributed by atoms with E-state index in [0.29, 0.717) is 18.2 Å². The molecule has 0 aliphatic carbocycles. The number of nitrogens with one attached hydrogen (secondary N) is 1. The van der Waals surface area contributed by atoms with Crippen molar-refractivity contribution in [2.24, 2.45) is 5.92 Å². The topological polar surface area (TPSA) is 49.4 Å². The van der Waals surface area contributed by atoms with Gasteiger partial charge in [-0.15, -0.1) is 0 Å². The first-order valence-electron chi connectivity index (χ1n) is 5.80. The van der Waals surface area contributed by atoms with Crippen molar-refractivity contribution in [1.82, 2.24) is 10.2 Å². The number of amides is 1. The van der Waals surface area contributed by atoms with Gasteiger partial charge in [0.15, 0.2) is 0 Å². The molecule has 1 rings (SSSR count). The fourth-order valence-corrected chi connectivity index (χ4v) is 2.58. The summed E-state index contributed by atoms with van der Waals surface area (Å²) in [6, 6.07) is -0.0838. The third-order valence-electron chi connectivity index (χ3n) is 2.87. The Labute approximate surface area is 100 Å². The number of carbonyl (C=O) groups excluding carboxylic acids is 1. The highest BCUT2D eigenvalue weighted by Gasteiger charge is 2.37. The summed E-state index contributed by atoms with van der Waals surface area (Å²) in [6.45, 7) is 6.82. The van der Waals surface area contributed by atoms with E-state index in [2.05, 4.69) is 19.2 Å². The summed E-state index contributed by atoms with van der Waals surface area (Å²) >= 11 is 0. The molecule has 0 saturated carbocycles. The Bertz CT molecular complexity index is 281. The molecule has 0 radical (unpaired) electrons. The van der Waals surface area contributed by atoms with E-state index in [1.807, 2.05) is 11.8 Å². The van der Waals surface area contributed by atoms with Gasteiger partial charge in [0.25, 0.3) is 0 Å². The Balaban J connectivity index is 2.53. The minimum absolute atomic E-state index is 0.0838. The highest BCUT2D eigenvalue weighted by atomic mass is 32.2. The number of rotatable bonds is 5. The van der Waals surface area contributed by atoms with Gasteiger partial charge in [-0.25, -0.2) is 0 Å². The summed E-state index contributed by atoms with van der Waals surface area (Å²) in [6.07, 6.45) is 2.65. The van der Waals surface area contributed by atoms with E-state index in [4.69, 9.17) is 0 Å². The smallest absolute Gasteiger partial charge is 0.240 e. The second kappa shape index (κ2) is 5.77. The Kier molecular flexibility index (Phi) is 4.92. The lowest BCUT2D eigenvalue weighted by Gasteiger charge is -2.27. The molecule has 1 saturated heterocycles. The molecular formula is C11H22N2O2S. The fraction of sp³-hybridized carbons (Fsp3) is 0.909. The van der Waals surface area contributed by atoms with Crippen LogP contribution in [0.25, 0.3) is 0 Å². The molecule has 3 unspecified atom stereocenters. The minimum Gasteiger partial charge on any atom is -0.326 e. The van der Waals surface area contributed by atoms with Gasteiger partial charge in [-0.2, -0.15) is 0 Å².